The molecule has 31 heavy (non-hydrogen) atoms. The van der Waals surface area contributed by atoms with Gasteiger partial charge in [-0.25, -0.2) is 0 Å². The number of piperidine rings is 1. The lowest BCUT2D eigenvalue weighted by molar-refractivity contribution is 0.0384. The summed E-state index contributed by atoms with van der Waals surface area (Å²) in [4.78, 5) is 5.24. The number of ether oxygens (including phenoxy) is 1. The van der Waals surface area contributed by atoms with Crippen molar-refractivity contribution in [1.82, 2.24) is 15.1 Å². The Balaban J connectivity index is 1.12. The summed E-state index contributed by atoms with van der Waals surface area (Å²) in [6.07, 6.45) is 5.22. The van der Waals surface area contributed by atoms with Gasteiger partial charge in [0.1, 0.15) is 0 Å². The highest BCUT2D eigenvalue weighted by Gasteiger charge is 2.31. The van der Waals surface area contributed by atoms with Crippen molar-refractivity contribution in [2.45, 2.75) is 44.8 Å². The molecule has 4 nitrogen and oxygen atoms in total. The minimum absolute atomic E-state index is 0.694. The van der Waals surface area contributed by atoms with Crippen LogP contribution in [0.3, 0.4) is 0 Å². The SMILES string of the molecule is c1ccc2c(c1)C[C@H]1CC[C@@H](C2)N(Cc2ccc(CNCCN3CCOCC3)cc2)C1. The van der Waals surface area contributed by atoms with E-state index in [9.17, 15) is 0 Å². The van der Waals surface area contributed by atoms with Crippen LogP contribution in [0.4, 0.5) is 0 Å². The lowest BCUT2D eigenvalue weighted by atomic mass is 9.80. The molecule has 6 rings (SSSR count). The van der Waals surface area contributed by atoms with E-state index in [0.29, 0.717) is 6.04 Å². The molecule has 4 aliphatic rings. The molecular weight excluding hydrogens is 382 g/mol. The molecule has 2 fully saturated rings. The molecule has 0 radical (unpaired) electrons. The van der Waals surface area contributed by atoms with Crippen LogP contribution in [0.5, 0.6) is 0 Å². The number of hydrogen-bond acceptors (Lipinski definition) is 4. The van der Waals surface area contributed by atoms with Crippen molar-refractivity contribution in [2.24, 2.45) is 5.92 Å². The first-order valence-electron chi connectivity index (χ1n) is 12.2. The molecule has 0 unspecified atom stereocenters. The Labute approximate surface area is 187 Å². The Kier molecular flexibility index (Phi) is 7.00. The molecule has 2 saturated heterocycles. The molecule has 0 spiro atoms. The van der Waals surface area contributed by atoms with E-state index in [-0.39, 0.29) is 0 Å². The molecular formula is C27H37N3O. The summed E-state index contributed by atoms with van der Waals surface area (Å²) in [5, 5.41) is 3.60. The Morgan fingerprint density at radius 3 is 2.42 bits per heavy atom. The maximum atomic E-state index is 5.42. The predicted molar refractivity (Wildman–Crippen MR) is 126 cm³/mol. The van der Waals surface area contributed by atoms with Gasteiger partial charge >= 0.3 is 0 Å². The molecule has 0 amide bonds. The highest BCUT2D eigenvalue weighted by atomic mass is 16.5. The van der Waals surface area contributed by atoms with Crippen molar-refractivity contribution in [3.05, 3.63) is 70.8 Å². The smallest absolute Gasteiger partial charge is 0.0594 e. The highest BCUT2D eigenvalue weighted by Crippen LogP contribution is 2.33. The van der Waals surface area contributed by atoms with Gasteiger partial charge in [-0.2, -0.15) is 0 Å². The first kappa shape index (κ1) is 21.1. The summed E-state index contributed by atoms with van der Waals surface area (Å²) in [5.74, 6) is 0.813. The molecule has 4 heteroatoms. The second-order valence-electron chi connectivity index (χ2n) is 9.65. The van der Waals surface area contributed by atoms with E-state index in [2.05, 4.69) is 63.6 Å². The van der Waals surface area contributed by atoms with Crippen LogP contribution in [0.15, 0.2) is 48.5 Å². The van der Waals surface area contributed by atoms with Gasteiger partial charge in [-0.1, -0.05) is 48.5 Å². The fourth-order valence-corrected chi connectivity index (χ4v) is 5.59. The van der Waals surface area contributed by atoms with E-state index in [1.54, 1.807) is 11.1 Å². The topological polar surface area (TPSA) is 27.7 Å². The largest absolute Gasteiger partial charge is 0.379 e. The van der Waals surface area contributed by atoms with Crippen LogP contribution < -0.4 is 5.32 Å². The van der Waals surface area contributed by atoms with Crippen LogP contribution in [0, 0.1) is 5.92 Å². The summed E-state index contributed by atoms with van der Waals surface area (Å²) in [5.41, 5.74) is 6.02. The Hall–Kier alpha value is -1.72. The van der Waals surface area contributed by atoms with E-state index >= 15 is 0 Å². The summed E-state index contributed by atoms with van der Waals surface area (Å²) in [6, 6.07) is 19.2. The van der Waals surface area contributed by atoms with Gasteiger partial charge in [0.25, 0.3) is 0 Å². The number of morpholine rings is 1. The highest BCUT2D eigenvalue weighted by molar-refractivity contribution is 5.30. The summed E-state index contributed by atoms with van der Waals surface area (Å²) in [6.45, 7) is 9.36. The zero-order valence-corrected chi connectivity index (χ0v) is 18.8. The van der Waals surface area contributed by atoms with Crippen LogP contribution in [0.2, 0.25) is 0 Å². The first-order chi connectivity index (χ1) is 15.3. The lowest BCUT2D eigenvalue weighted by Gasteiger charge is -2.42. The fourth-order valence-electron chi connectivity index (χ4n) is 5.59. The molecule has 0 aromatic heterocycles. The van der Waals surface area contributed by atoms with Crippen molar-refractivity contribution in [3.8, 4) is 0 Å². The zero-order chi connectivity index (χ0) is 20.9. The summed E-state index contributed by atoms with van der Waals surface area (Å²) >= 11 is 0. The molecule has 2 aromatic rings. The molecule has 3 heterocycles. The van der Waals surface area contributed by atoms with Gasteiger partial charge in [-0.3, -0.25) is 9.80 Å². The molecule has 166 valence electrons. The number of benzene rings is 2. The average Bonchev–Trinajstić information content (AvgIpc) is 2.79. The number of hydrogen-bond donors (Lipinski definition) is 1. The first-order valence-corrected chi connectivity index (χ1v) is 12.2. The van der Waals surface area contributed by atoms with Gasteiger partial charge in [-0.15, -0.1) is 0 Å². The maximum Gasteiger partial charge on any atom is 0.0594 e. The molecule has 3 aliphatic heterocycles. The van der Waals surface area contributed by atoms with Crippen molar-refractivity contribution >= 4 is 0 Å². The van der Waals surface area contributed by atoms with Crippen molar-refractivity contribution in [3.63, 3.8) is 0 Å². The number of rotatable bonds is 7. The third-order valence-corrected chi connectivity index (χ3v) is 7.45. The van der Waals surface area contributed by atoms with E-state index in [1.807, 2.05) is 0 Å². The molecule has 2 aromatic carbocycles. The van der Waals surface area contributed by atoms with E-state index < -0.39 is 0 Å². The monoisotopic (exact) mass is 419 g/mol. The lowest BCUT2D eigenvalue weighted by Crippen LogP contribution is -2.46. The maximum absolute atomic E-state index is 5.42. The van der Waals surface area contributed by atoms with Crippen molar-refractivity contribution < 1.29 is 4.74 Å². The van der Waals surface area contributed by atoms with Gasteiger partial charge in [0.05, 0.1) is 13.2 Å². The minimum Gasteiger partial charge on any atom is -0.379 e. The molecule has 0 saturated carbocycles. The summed E-state index contributed by atoms with van der Waals surface area (Å²) in [7, 11) is 0. The van der Waals surface area contributed by atoms with Crippen LogP contribution in [0.25, 0.3) is 0 Å². The molecule has 1 N–H and O–H groups in total. The Bertz CT molecular complexity index is 831. The standard InChI is InChI=1S/C27H37N3O/c1-2-4-26-18-27-10-9-24(17-25(26)3-1)21-30(27)20-23-7-5-22(6-8-23)19-28-11-12-29-13-15-31-16-14-29/h1-8,24,27-28H,9-21H2/t24-,27+/m1/s1. The second-order valence-corrected chi connectivity index (χ2v) is 9.65. The fraction of sp³-hybridized carbons (Fsp3) is 0.556. The normalized spacial score (nSPS) is 24.5. The minimum atomic E-state index is 0.694. The number of nitrogens with one attached hydrogen (secondary N) is 1. The van der Waals surface area contributed by atoms with Crippen molar-refractivity contribution in [1.29, 1.82) is 0 Å². The van der Waals surface area contributed by atoms with E-state index in [4.69, 9.17) is 4.74 Å². The van der Waals surface area contributed by atoms with Crippen LogP contribution in [0.1, 0.15) is 35.1 Å². The van der Waals surface area contributed by atoms with Gasteiger partial charge < -0.3 is 10.1 Å². The molecule has 1 aliphatic carbocycles. The van der Waals surface area contributed by atoms with E-state index in [0.717, 1.165) is 58.4 Å². The van der Waals surface area contributed by atoms with Crippen LogP contribution in [-0.2, 0) is 30.7 Å². The Morgan fingerprint density at radius 2 is 1.61 bits per heavy atom. The second kappa shape index (κ2) is 10.3. The van der Waals surface area contributed by atoms with Crippen LogP contribution >= 0.6 is 0 Å². The van der Waals surface area contributed by atoms with Gasteiger partial charge in [0, 0.05) is 51.9 Å². The molecule has 2 bridgehead atoms. The van der Waals surface area contributed by atoms with Gasteiger partial charge in [0.2, 0.25) is 0 Å². The third kappa shape index (κ3) is 5.56. The van der Waals surface area contributed by atoms with E-state index in [1.165, 1.54) is 43.4 Å². The van der Waals surface area contributed by atoms with Crippen LogP contribution in [-0.4, -0.2) is 61.8 Å². The summed E-state index contributed by atoms with van der Waals surface area (Å²) < 4.78 is 5.42. The van der Waals surface area contributed by atoms with Gasteiger partial charge in [-0.05, 0) is 53.9 Å². The van der Waals surface area contributed by atoms with Gasteiger partial charge in [0.15, 0.2) is 0 Å². The molecule has 2 atom stereocenters. The third-order valence-electron chi connectivity index (χ3n) is 7.45. The van der Waals surface area contributed by atoms with Crippen molar-refractivity contribution in [2.75, 3.05) is 45.9 Å². The zero-order valence-electron chi connectivity index (χ0n) is 18.8. The predicted octanol–water partition coefficient (Wildman–Crippen LogP) is 3.49. The number of nitrogens with zero attached hydrogens (tertiary/aromatic N) is 2. The Morgan fingerprint density at radius 1 is 0.871 bits per heavy atom. The quantitative estimate of drug-likeness (QED) is 0.696. The average molecular weight is 420 g/mol. The number of fused-ring (bicyclic) bond motifs is 2.